The number of aryl methyl sites for hydroxylation is 1. The van der Waals surface area contributed by atoms with Crippen LogP contribution in [-0.2, 0) is 44.4 Å². The van der Waals surface area contributed by atoms with Crippen molar-refractivity contribution < 1.29 is 33.9 Å². The average Bonchev–Trinajstić information content (AvgIpc) is 4.10. The van der Waals surface area contributed by atoms with Crippen LogP contribution in [0, 0.1) is 12.3 Å². The smallest absolute Gasteiger partial charge is 0.268 e. The number of carbonyl (C=O) groups excluding carboxylic acids is 6. The van der Waals surface area contributed by atoms with E-state index in [1.54, 1.807) is 42.5 Å². The summed E-state index contributed by atoms with van der Waals surface area (Å²) in [5.74, 6) is -1.68. The lowest BCUT2D eigenvalue weighted by Crippen LogP contribution is -2.57. The second-order valence-electron chi connectivity index (χ2n) is 21.1. The van der Waals surface area contributed by atoms with Crippen LogP contribution in [0.5, 0.6) is 0 Å². The number of thiazole rings is 1. The number of aliphatic hydroxyl groups excluding tert-OH is 1. The monoisotopic (exact) mass is 1010 g/mol. The molecule has 1 aliphatic carbocycles. The maximum absolute atomic E-state index is 14.2. The van der Waals surface area contributed by atoms with Gasteiger partial charge in [0, 0.05) is 83.0 Å². The number of β-amino-alcohol motifs (C(OH)–C–C–N with tert-alkyl or cyclic N) is 1. The zero-order valence-corrected chi connectivity index (χ0v) is 43.8. The minimum atomic E-state index is -0.985. The number of benzene rings is 3. The maximum Gasteiger partial charge on any atom is 0.268 e. The Hall–Kier alpha value is -6.69. The molecule has 3 aromatic carbocycles. The molecular formula is C56H69N9O7S. The zero-order valence-electron chi connectivity index (χ0n) is 43.0. The Balaban J connectivity index is 0.779. The largest absolute Gasteiger partial charge is 0.391 e. The fourth-order valence-electron chi connectivity index (χ4n) is 10.3. The van der Waals surface area contributed by atoms with Gasteiger partial charge in [0.05, 0.1) is 33.8 Å². The summed E-state index contributed by atoms with van der Waals surface area (Å²) in [6.07, 6.45) is 2.65. The molecule has 386 valence electrons. The number of rotatable bonds is 17. The van der Waals surface area contributed by atoms with Gasteiger partial charge in [-0.15, -0.1) is 11.3 Å². The number of nitrogens with zero attached hydrogens (tertiary/aromatic N) is 5. The van der Waals surface area contributed by atoms with E-state index < -0.39 is 35.4 Å². The number of hydrogen-bond acceptors (Lipinski definition) is 10. The number of carbonyl (C=O) groups is 6. The summed E-state index contributed by atoms with van der Waals surface area (Å²) >= 11 is 1.57. The van der Waals surface area contributed by atoms with Crippen LogP contribution < -0.4 is 21.3 Å². The van der Waals surface area contributed by atoms with E-state index in [2.05, 4.69) is 41.8 Å². The molecule has 2 fully saturated rings. The van der Waals surface area contributed by atoms with Gasteiger partial charge in [-0.25, -0.2) is 4.98 Å². The van der Waals surface area contributed by atoms with Crippen LogP contribution in [0.1, 0.15) is 128 Å². The standard InChI is InChI=1S/C56H69N9O7S/c1-35(39-18-20-40(21-19-39)49-36(2)58-34-73-49)59-52(70)45-30-43(66)33-65(45)54(72)50(55(3,4)5)61-48(68)11-8-10-47(67)60-42-22-14-37(15-23-42)31-57-51(69)44-24-25-46-56(26-9-27-56)63(28-29-64(44)46)32-38-12-16-41(17-13-38)53(71)62(6)7/h12-25,34-35,43,45,50,66H,8-11,26-33H2,1-7H3,(H,57,69)(H,59,70)(H,60,67)(H,61,68)/t35-,43+,45-,50+/m0/s1. The van der Waals surface area contributed by atoms with E-state index in [0.717, 1.165) is 65.2 Å². The number of aromatic nitrogens is 2. The molecule has 3 aliphatic rings. The van der Waals surface area contributed by atoms with Crippen molar-refractivity contribution in [2.75, 3.05) is 32.5 Å². The molecule has 0 bridgehead atoms. The third kappa shape index (κ3) is 11.9. The molecule has 1 saturated heterocycles. The Morgan fingerprint density at radius 1 is 0.863 bits per heavy atom. The Morgan fingerprint density at radius 2 is 1.55 bits per heavy atom. The van der Waals surface area contributed by atoms with E-state index >= 15 is 0 Å². The van der Waals surface area contributed by atoms with Crippen molar-refractivity contribution >= 4 is 52.5 Å². The molecule has 17 heteroatoms. The molecule has 16 nitrogen and oxygen atoms in total. The Kier molecular flexibility index (Phi) is 16.0. The van der Waals surface area contributed by atoms with E-state index in [1.807, 2.05) is 107 Å². The summed E-state index contributed by atoms with van der Waals surface area (Å²) in [5, 5.41) is 22.5. The van der Waals surface area contributed by atoms with E-state index in [0.29, 0.717) is 30.0 Å². The van der Waals surface area contributed by atoms with Crippen LogP contribution >= 0.6 is 11.3 Å². The first-order valence-corrected chi connectivity index (χ1v) is 26.2. The lowest BCUT2D eigenvalue weighted by molar-refractivity contribution is -0.144. The van der Waals surface area contributed by atoms with Gasteiger partial charge in [0.2, 0.25) is 23.6 Å². The third-order valence-corrected chi connectivity index (χ3v) is 15.6. The van der Waals surface area contributed by atoms with E-state index in [1.165, 1.54) is 10.6 Å². The summed E-state index contributed by atoms with van der Waals surface area (Å²) in [7, 11) is 3.50. The minimum absolute atomic E-state index is 0.00259. The molecule has 2 aliphatic heterocycles. The highest BCUT2D eigenvalue weighted by Crippen LogP contribution is 2.49. The van der Waals surface area contributed by atoms with Crippen LogP contribution in [0.3, 0.4) is 0 Å². The highest BCUT2D eigenvalue weighted by atomic mass is 32.1. The Labute approximate surface area is 431 Å². The van der Waals surface area contributed by atoms with Crippen molar-refractivity contribution in [3.63, 3.8) is 0 Å². The van der Waals surface area contributed by atoms with E-state index in [4.69, 9.17) is 0 Å². The van der Waals surface area contributed by atoms with E-state index in [9.17, 15) is 33.9 Å². The molecule has 1 saturated carbocycles. The summed E-state index contributed by atoms with van der Waals surface area (Å²) < 4.78 is 2.17. The lowest BCUT2D eigenvalue weighted by atomic mass is 9.71. The molecule has 4 atom stereocenters. The number of aliphatic hydroxyl groups is 1. The molecule has 4 heterocycles. The van der Waals surface area contributed by atoms with Gasteiger partial charge >= 0.3 is 0 Å². The first-order chi connectivity index (χ1) is 34.8. The predicted molar refractivity (Wildman–Crippen MR) is 281 cm³/mol. The summed E-state index contributed by atoms with van der Waals surface area (Å²) in [6.45, 7) is 11.9. The molecule has 2 aromatic heterocycles. The van der Waals surface area contributed by atoms with Gasteiger partial charge in [-0.2, -0.15) is 0 Å². The second-order valence-corrected chi connectivity index (χ2v) is 22.0. The predicted octanol–water partition coefficient (Wildman–Crippen LogP) is 6.93. The first kappa shape index (κ1) is 52.6. The molecule has 5 N–H and O–H groups in total. The quantitative estimate of drug-likeness (QED) is 0.0656. The molecule has 6 amide bonds. The minimum Gasteiger partial charge on any atom is -0.391 e. The normalized spacial score (nSPS) is 18.0. The van der Waals surface area contributed by atoms with Gasteiger partial charge in [-0.3, -0.25) is 33.7 Å². The molecule has 73 heavy (non-hydrogen) atoms. The van der Waals surface area contributed by atoms with Gasteiger partial charge in [0.1, 0.15) is 17.8 Å². The number of nitrogens with one attached hydrogen (secondary N) is 4. The topological polar surface area (TPSA) is 198 Å². The molecular weight excluding hydrogens is 943 g/mol. The lowest BCUT2D eigenvalue weighted by Gasteiger charge is -2.53. The second kappa shape index (κ2) is 22.2. The fraction of sp³-hybridized carbons (Fsp3) is 0.446. The van der Waals surface area contributed by atoms with Crippen LogP contribution in [0.4, 0.5) is 5.69 Å². The van der Waals surface area contributed by atoms with Crippen LogP contribution in [-0.4, -0.2) is 110 Å². The number of hydrogen-bond donors (Lipinski definition) is 5. The van der Waals surface area contributed by atoms with Gasteiger partial charge in [0.15, 0.2) is 0 Å². The highest BCUT2D eigenvalue weighted by Gasteiger charge is 2.49. The SMILES string of the molecule is Cc1ncsc1-c1ccc([C@H](C)NC(=O)[C@@H]2C[C@@H](O)CN2C(=O)[C@@H](NC(=O)CCCC(=O)Nc2ccc(CNC(=O)c3ccc4n3CCN(Cc3ccc(C(=O)N(C)C)cc3)C43CCC3)cc2)C(C)(C)C)cc1. The van der Waals surface area contributed by atoms with Gasteiger partial charge in [0.25, 0.3) is 11.8 Å². The third-order valence-electron chi connectivity index (χ3n) is 14.6. The summed E-state index contributed by atoms with van der Waals surface area (Å²) in [5.41, 5.74) is 8.91. The Bertz CT molecular complexity index is 2810. The molecule has 5 aromatic rings. The number of anilines is 1. The average molecular weight is 1010 g/mol. The summed E-state index contributed by atoms with van der Waals surface area (Å²) in [4.78, 5) is 91.0. The number of amides is 6. The van der Waals surface area contributed by atoms with Crippen molar-refractivity contribution in [1.82, 2.24) is 40.2 Å². The van der Waals surface area contributed by atoms with Crippen LogP contribution in [0.2, 0.25) is 0 Å². The van der Waals surface area contributed by atoms with Crippen molar-refractivity contribution in [2.45, 2.75) is 129 Å². The molecule has 0 unspecified atom stereocenters. The van der Waals surface area contributed by atoms with Crippen molar-refractivity contribution in [3.05, 3.63) is 130 Å². The zero-order chi connectivity index (χ0) is 52.2. The van der Waals surface area contributed by atoms with Gasteiger partial charge in [-0.1, -0.05) is 69.3 Å². The molecule has 1 spiro atoms. The van der Waals surface area contributed by atoms with Crippen LogP contribution in [0.25, 0.3) is 10.4 Å². The van der Waals surface area contributed by atoms with Crippen molar-refractivity contribution in [1.29, 1.82) is 0 Å². The first-order valence-electron chi connectivity index (χ1n) is 25.3. The fourth-order valence-corrected chi connectivity index (χ4v) is 11.1. The van der Waals surface area contributed by atoms with E-state index in [-0.39, 0.29) is 67.4 Å². The number of likely N-dealkylation sites (tertiary alicyclic amines) is 1. The molecule has 8 rings (SSSR count). The summed E-state index contributed by atoms with van der Waals surface area (Å²) in [6, 6.07) is 24.8. The van der Waals surface area contributed by atoms with Gasteiger partial charge in [-0.05, 0) is 104 Å². The van der Waals surface area contributed by atoms with Crippen molar-refractivity contribution in [2.24, 2.45) is 5.41 Å². The van der Waals surface area contributed by atoms with Crippen molar-refractivity contribution in [3.8, 4) is 10.4 Å². The highest BCUT2D eigenvalue weighted by molar-refractivity contribution is 7.13. The Morgan fingerprint density at radius 3 is 2.18 bits per heavy atom. The van der Waals surface area contributed by atoms with Gasteiger partial charge < -0.3 is 40.7 Å². The number of fused-ring (bicyclic) bond motifs is 2. The molecule has 0 radical (unpaired) electrons. The maximum atomic E-state index is 14.2. The van der Waals surface area contributed by atoms with Crippen LogP contribution in [0.15, 0.2) is 90.4 Å².